The van der Waals surface area contributed by atoms with Gasteiger partial charge in [0.2, 0.25) is 11.3 Å². The first-order valence-electron chi connectivity index (χ1n) is 4.05. The third kappa shape index (κ3) is 3.31. The van der Waals surface area contributed by atoms with E-state index >= 15 is 0 Å². The molecule has 0 spiro atoms. The highest BCUT2D eigenvalue weighted by Crippen LogP contribution is 2.23. The smallest absolute Gasteiger partial charge is 0.231 e. The lowest BCUT2D eigenvalue weighted by Crippen LogP contribution is -2.33. The van der Waals surface area contributed by atoms with Gasteiger partial charge in [0, 0.05) is 6.04 Å². The minimum atomic E-state index is -1.82. The van der Waals surface area contributed by atoms with Gasteiger partial charge in [-0.05, 0) is 31.6 Å². The van der Waals surface area contributed by atoms with Crippen LogP contribution in [0.4, 0.5) is 0 Å². The lowest BCUT2D eigenvalue weighted by Gasteiger charge is -2.25. The first-order valence-corrected chi connectivity index (χ1v) is 5.16. The van der Waals surface area contributed by atoms with E-state index in [0.717, 1.165) is 18.8 Å². The van der Waals surface area contributed by atoms with Gasteiger partial charge in [-0.25, -0.2) is 8.93 Å². The Kier molecular flexibility index (Phi) is 3.48. The predicted molar refractivity (Wildman–Crippen MR) is 45.3 cm³/mol. The maximum atomic E-state index is 10.3. The highest BCUT2D eigenvalue weighted by molar-refractivity contribution is 7.77. The fourth-order valence-corrected chi connectivity index (χ4v) is 2.04. The Balaban J connectivity index is 2.22. The Bertz CT molecular complexity index is 143. The van der Waals surface area contributed by atoms with E-state index in [9.17, 15) is 4.21 Å². The standard InChI is InChI=1S/C7H15NO2S/c1-6-2-4-7(5-3-6)8-11(9)10/h6-8H,2-5H2,1H3,(H,9,10). The number of rotatable bonds is 2. The van der Waals surface area contributed by atoms with E-state index in [1.165, 1.54) is 12.8 Å². The van der Waals surface area contributed by atoms with Gasteiger partial charge in [0.25, 0.3) is 0 Å². The van der Waals surface area contributed by atoms with E-state index in [4.69, 9.17) is 4.55 Å². The molecule has 1 aliphatic rings. The molecule has 1 atom stereocenters. The van der Waals surface area contributed by atoms with Crippen LogP contribution < -0.4 is 4.72 Å². The summed E-state index contributed by atoms with van der Waals surface area (Å²) in [6.07, 6.45) is 4.42. The van der Waals surface area contributed by atoms with Crippen molar-refractivity contribution in [1.82, 2.24) is 4.72 Å². The minimum Gasteiger partial charge on any atom is -0.294 e. The monoisotopic (exact) mass is 177 g/mol. The molecule has 3 nitrogen and oxygen atoms in total. The summed E-state index contributed by atoms with van der Waals surface area (Å²) in [6.45, 7) is 2.23. The summed E-state index contributed by atoms with van der Waals surface area (Å²) in [4.78, 5) is 0. The third-order valence-electron chi connectivity index (χ3n) is 2.28. The molecule has 0 aliphatic heterocycles. The predicted octanol–water partition coefficient (Wildman–Crippen LogP) is 1.29. The van der Waals surface area contributed by atoms with Gasteiger partial charge >= 0.3 is 0 Å². The lowest BCUT2D eigenvalue weighted by molar-refractivity contribution is 0.330. The summed E-state index contributed by atoms with van der Waals surface area (Å²) < 4.78 is 21.5. The minimum absolute atomic E-state index is 0.261. The number of nitrogens with one attached hydrogen (secondary N) is 1. The Morgan fingerprint density at radius 2 is 1.91 bits per heavy atom. The highest BCUT2D eigenvalue weighted by Gasteiger charge is 2.18. The van der Waals surface area contributed by atoms with Crippen LogP contribution in [0.2, 0.25) is 0 Å². The maximum Gasteiger partial charge on any atom is 0.231 e. The molecule has 0 bridgehead atoms. The average molecular weight is 177 g/mol. The molecule has 0 amide bonds. The lowest BCUT2D eigenvalue weighted by atomic mass is 9.88. The number of hydrogen-bond acceptors (Lipinski definition) is 1. The van der Waals surface area contributed by atoms with Crippen molar-refractivity contribution in [2.24, 2.45) is 5.92 Å². The topological polar surface area (TPSA) is 49.3 Å². The summed E-state index contributed by atoms with van der Waals surface area (Å²) in [5.41, 5.74) is 0. The Morgan fingerprint density at radius 1 is 1.36 bits per heavy atom. The van der Waals surface area contributed by atoms with E-state index in [0.29, 0.717) is 0 Å². The van der Waals surface area contributed by atoms with Crippen LogP contribution in [0, 0.1) is 5.92 Å². The first kappa shape index (κ1) is 9.16. The maximum absolute atomic E-state index is 10.3. The zero-order valence-electron chi connectivity index (χ0n) is 6.75. The second kappa shape index (κ2) is 4.18. The molecule has 11 heavy (non-hydrogen) atoms. The molecule has 2 N–H and O–H groups in total. The van der Waals surface area contributed by atoms with E-state index < -0.39 is 11.3 Å². The summed E-state index contributed by atoms with van der Waals surface area (Å²) >= 11 is -1.82. The van der Waals surface area contributed by atoms with Crippen LogP contribution in [0.3, 0.4) is 0 Å². The molecular weight excluding hydrogens is 162 g/mol. The number of hydrogen-bond donors (Lipinski definition) is 2. The SMILES string of the molecule is CC1CCC(NS(=O)O)CC1. The second-order valence-electron chi connectivity index (χ2n) is 3.32. The van der Waals surface area contributed by atoms with Gasteiger partial charge in [0.05, 0.1) is 0 Å². The molecule has 0 aromatic rings. The molecule has 1 fully saturated rings. The second-order valence-corrected chi connectivity index (χ2v) is 4.06. The van der Waals surface area contributed by atoms with Crippen molar-refractivity contribution in [1.29, 1.82) is 0 Å². The average Bonchev–Trinajstić information content (AvgIpc) is 1.93. The van der Waals surface area contributed by atoms with Crippen molar-refractivity contribution >= 4 is 11.3 Å². The van der Waals surface area contributed by atoms with Crippen molar-refractivity contribution in [2.75, 3.05) is 0 Å². The van der Waals surface area contributed by atoms with Crippen LogP contribution in [0.1, 0.15) is 32.6 Å². The Hall–Kier alpha value is 0.0700. The van der Waals surface area contributed by atoms with Crippen molar-refractivity contribution in [3.8, 4) is 0 Å². The van der Waals surface area contributed by atoms with Gasteiger partial charge in [0.15, 0.2) is 0 Å². The van der Waals surface area contributed by atoms with Crippen molar-refractivity contribution in [3.63, 3.8) is 0 Å². The van der Waals surface area contributed by atoms with Crippen molar-refractivity contribution in [3.05, 3.63) is 0 Å². The van der Waals surface area contributed by atoms with Crippen LogP contribution in [0.25, 0.3) is 0 Å². The zero-order valence-corrected chi connectivity index (χ0v) is 7.56. The van der Waals surface area contributed by atoms with Crippen LogP contribution >= 0.6 is 0 Å². The fraction of sp³-hybridized carbons (Fsp3) is 1.00. The van der Waals surface area contributed by atoms with Gasteiger partial charge in [-0.1, -0.05) is 6.92 Å². The third-order valence-corrected chi connectivity index (χ3v) is 2.82. The van der Waals surface area contributed by atoms with Gasteiger partial charge in [-0.3, -0.25) is 4.55 Å². The van der Waals surface area contributed by atoms with Crippen LogP contribution in [-0.4, -0.2) is 14.8 Å². The normalized spacial score (nSPS) is 35.1. The summed E-state index contributed by atoms with van der Waals surface area (Å²) in [6, 6.07) is 0.261. The molecule has 0 radical (unpaired) electrons. The molecule has 0 saturated heterocycles. The quantitative estimate of drug-likeness (QED) is 0.624. The largest absolute Gasteiger partial charge is 0.294 e. The molecule has 1 rings (SSSR count). The highest BCUT2D eigenvalue weighted by atomic mass is 32.2. The van der Waals surface area contributed by atoms with E-state index in [1.54, 1.807) is 0 Å². The van der Waals surface area contributed by atoms with Gasteiger partial charge in [0.1, 0.15) is 0 Å². The Morgan fingerprint density at radius 3 is 2.36 bits per heavy atom. The summed E-state index contributed by atoms with van der Waals surface area (Å²) in [5, 5.41) is 0. The summed E-state index contributed by atoms with van der Waals surface area (Å²) in [5.74, 6) is 0.792. The first-order chi connectivity index (χ1) is 5.18. The van der Waals surface area contributed by atoms with E-state index in [1.807, 2.05) is 0 Å². The van der Waals surface area contributed by atoms with Crippen molar-refractivity contribution < 1.29 is 8.76 Å². The van der Waals surface area contributed by atoms with E-state index in [2.05, 4.69) is 11.6 Å². The molecule has 1 aliphatic carbocycles. The molecule has 0 aromatic carbocycles. The summed E-state index contributed by atoms with van der Waals surface area (Å²) in [7, 11) is 0. The molecule has 1 unspecified atom stereocenters. The fourth-order valence-electron chi connectivity index (χ4n) is 1.52. The van der Waals surface area contributed by atoms with Gasteiger partial charge in [-0.15, -0.1) is 0 Å². The molecule has 1 saturated carbocycles. The van der Waals surface area contributed by atoms with Crippen LogP contribution in [0.5, 0.6) is 0 Å². The van der Waals surface area contributed by atoms with Gasteiger partial charge < -0.3 is 0 Å². The van der Waals surface area contributed by atoms with Crippen molar-refractivity contribution in [2.45, 2.75) is 38.6 Å². The van der Waals surface area contributed by atoms with E-state index in [-0.39, 0.29) is 6.04 Å². The molecule has 66 valence electrons. The van der Waals surface area contributed by atoms with Crippen LogP contribution in [0.15, 0.2) is 0 Å². The van der Waals surface area contributed by atoms with Gasteiger partial charge in [-0.2, -0.15) is 0 Å². The molecule has 0 heterocycles. The van der Waals surface area contributed by atoms with Crippen LogP contribution in [-0.2, 0) is 11.3 Å². The molecule has 4 heteroatoms. The molecular formula is C7H15NO2S. The molecule has 0 aromatic heterocycles. The Labute approximate surface area is 70.0 Å². The zero-order chi connectivity index (χ0) is 8.27.